The summed E-state index contributed by atoms with van der Waals surface area (Å²) in [6.07, 6.45) is 9.20. The highest BCUT2D eigenvalue weighted by Gasteiger charge is 2.73. The Balaban J connectivity index is 1.40. The zero-order valence-corrected chi connectivity index (χ0v) is 21.4. The van der Waals surface area contributed by atoms with Gasteiger partial charge in [-0.3, -0.25) is 14.4 Å². The molecular formula is C28H37N3O5. The number of fused-ring (bicyclic) bond motifs is 1. The molecule has 1 aliphatic carbocycles. The average Bonchev–Trinajstić information content (AvgIpc) is 3.53. The Morgan fingerprint density at radius 2 is 1.86 bits per heavy atom. The van der Waals surface area contributed by atoms with Crippen LogP contribution in [0.25, 0.3) is 0 Å². The number of rotatable bonds is 8. The third-order valence-electron chi connectivity index (χ3n) is 8.31. The van der Waals surface area contributed by atoms with Gasteiger partial charge in [-0.1, -0.05) is 38.3 Å². The molecule has 1 spiro atoms. The monoisotopic (exact) mass is 495 g/mol. The van der Waals surface area contributed by atoms with E-state index >= 15 is 0 Å². The summed E-state index contributed by atoms with van der Waals surface area (Å²) >= 11 is 0. The lowest BCUT2D eigenvalue weighted by Gasteiger charge is -2.36. The van der Waals surface area contributed by atoms with Crippen molar-refractivity contribution < 1.29 is 23.9 Å². The number of likely N-dealkylation sites (tertiary alicyclic amines) is 1. The second-order valence-electron chi connectivity index (χ2n) is 10.5. The van der Waals surface area contributed by atoms with E-state index in [0.717, 1.165) is 31.4 Å². The number of benzene rings is 1. The first kappa shape index (κ1) is 24.8. The van der Waals surface area contributed by atoms with Crippen LogP contribution in [0.3, 0.4) is 0 Å². The quantitative estimate of drug-likeness (QED) is 0.539. The molecule has 5 rings (SSSR count). The molecule has 3 aliphatic heterocycles. The number of hydrogen-bond donors (Lipinski definition) is 2. The Kier molecular flexibility index (Phi) is 6.81. The van der Waals surface area contributed by atoms with Crippen LogP contribution in [0.15, 0.2) is 36.4 Å². The van der Waals surface area contributed by atoms with Crippen molar-refractivity contribution in [2.45, 2.75) is 89.1 Å². The number of nitrogens with one attached hydrogen (secondary N) is 2. The van der Waals surface area contributed by atoms with Gasteiger partial charge in [-0.15, -0.1) is 0 Å². The van der Waals surface area contributed by atoms with E-state index in [4.69, 9.17) is 9.47 Å². The van der Waals surface area contributed by atoms with E-state index in [9.17, 15) is 14.4 Å². The zero-order valence-electron chi connectivity index (χ0n) is 21.4. The average molecular weight is 496 g/mol. The summed E-state index contributed by atoms with van der Waals surface area (Å²) < 4.78 is 11.9. The Morgan fingerprint density at radius 1 is 1.14 bits per heavy atom. The predicted molar refractivity (Wildman–Crippen MR) is 135 cm³/mol. The Morgan fingerprint density at radius 3 is 2.53 bits per heavy atom. The maximum atomic E-state index is 13.9. The Labute approximate surface area is 212 Å². The maximum Gasteiger partial charge on any atom is 0.246 e. The molecule has 8 heteroatoms. The van der Waals surface area contributed by atoms with E-state index in [0.29, 0.717) is 18.7 Å². The summed E-state index contributed by atoms with van der Waals surface area (Å²) in [4.78, 5) is 42.8. The molecule has 0 aromatic heterocycles. The lowest BCUT2D eigenvalue weighted by Crippen LogP contribution is -2.58. The van der Waals surface area contributed by atoms with Gasteiger partial charge in [0.25, 0.3) is 0 Å². The number of amides is 3. The minimum atomic E-state index is -1.12. The molecule has 1 saturated carbocycles. The minimum absolute atomic E-state index is 0.122. The summed E-state index contributed by atoms with van der Waals surface area (Å²) in [7, 11) is 0. The summed E-state index contributed by atoms with van der Waals surface area (Å²) in [5.74, 6) is -1.32. The van der Waals surface area contributed by atoms with Crippen LogP contribution in [0, 0.1) is 11.8 Å². The van der Waals surface area contributed by atoms with Crippen LogP contribution in [0.5, 0.6) is 5.75 Å². The number of carbonyl (C=O) groups excluding carboxylic acids is 3. The van der Waals surface area contributed by atoms with Crippen LogP contribution < -0.4 is 15.4 Å². The van der Waals surface area contributed by atoms with Gasteiger partial charge in [-0.05, 0) is 57.4 Å². The molecule has 4 aliphatic rings. The predicted octanol–water partition coefficient (Wildman–Crippen LogP) is 3.42. The van der Waals surface area contributed by atoms with E-state index in [1.807, 2.05) is 32.9 Å². The molecule has 1 aromatic rings. The Hall–Kier alpha value is -2.87. The van der Waals surface area contributed by atoms with E-state index in [1.165, 1.54) is 6.42 Å². The van der Waals surface area contributed by atoms with Gasteiger partial charge in [0.2, 0.25) is 17.7 Å². The summed E-state index contributed by atoms with van der Waals surface area (Å²) in [5, 5.41) is 6.18. The zero-order chi connectivity index (χ0) is 25.4. The van der Waals surface area contributed by atoms with Crippen molar-refractivity contribution in [2.75, 3.05) is 11.9 Å². The number of ether oxygens (including phenoxy) is 2. The molecule has 8 nitrogen and oxygen atoms in total. The van der Waals surface area contributed by atoms with Gasteiger partial charge >= 0.3 is 0 Å². The molecule has 2 N–H and O–H groups in total. The largest absolute Gasteiger partial charge is 0.494 e. The van der Waals surface area contributed by atoms with Gasteiger partial charge in [-0.25, -0.2) is 0 Å². The van der Waals surface area contributed by atoms with Gasteiger partial charge in [0, 0.05) is 17.8 Å². The first-order valence-electron chi connectivity index (χ1n) is 13.4. The fourth-order valence-corrected chi connectivity index (χ4v) is 6.43. The summed E-state index contributed by atoms with van der Waals surface area (Å²) in [5.41, 5.74) is -0.495. The first-order chi connectivity index (χ1) is 17.4. The van der Waals surface area contributed by atoms with Gasteiger partial charge in [0.05, 0.1) is 24.5 Å². The van der Waals surface area contributed by atoms with Crippen LogP contribution in [-0.4, -0.2) is 59.1 Å². The molecular weight excluding hydrogens is 458 g/mol. The standard InChI is InChI=1S/C28H37N3O5/c1-4-17(3)31-24(26(33)30-18-9-7-6-8-10-18)28-16-15-21(36-28)22(23(28)27(31)34)25(32)29-19-11-13-20(14-12-19)35-5-2/h11-18,21-24H,4-10H2,1-3H3,(H,29,32)(H,30,33)/t17-,21-,22+,23-,24-,28-/m0/s1. The van der Waals surface area contributed by atoms with Gasteiger partial charge < -0.3 is 25.0 Å². The lowest BCUT2D eigenvalue weighted by molar-refractivity contribution is -0.143. The van der Waals surface area contributed by atoms with Crippen molar-refractivity contribution in [3.8, 4) is 5.75 Å². The lowest BCUT2D eigenvalue weighted by atomic mass is 9.74. The fraction of sp³-hybridized carbons (Fsp3) is 0.607. The highest BCUT2D eigenvalue weighted by Crippen LogP contribution is 2.55. The molecule has 0 unspecified atom stereocenters. The van der Waals surface area contributed by atoms with Crippen molar-refractivity contribution >= 4 is 23.4 Å². The number of hydrogen-bond acceptors (Lipinski definition) is 5. The van der Waals surface area contributed by atoms with E-state index < -0.39 is 29.6 Å². The van der Waals surface area contributed by atoms with Crippen LogP contribution in [0.2, 0.25) is 0 Å². The van der Waals surface area contributed by atoms with Crippen molar-refractivity contribution in [3.05, 3.63) is 36.4 Å². The molecule has 6 atom stereocenters. The molecule has 36 heavy (non-hydrogen) atoms. The van der Waals surface area contributed by atoms with Crippen LogP contribution in [0.4, 0.5) is 5.69 Å². The molecule has 2 bridgehead atoms. The second-order valence-corrected chi connectivity index (χ2v) is 10.5. The van der Waals surface area contributed by atoms with Gasteiger partial charge in [0.1, 0.15) is 17.4 Å². The van der Waals surface area contributed by atoms with Crippen LogP contribution >= 0.6 is 0 Å². The molecule has 194 valence electrons. The van der Waals surface area contributed by atoms with E-state index in [2.05, 4.69) is 10.6 Å². The number of carbonyl (C=O) groups is 3. The van der Waals surface area contributed by atoms with E-state index in [1.54, 1.807) is 29.2 Å². The third-order valence-corrected chi connectivity index (χ3v) is 8.31. The third kappa shape index (κ3) is 4.09. The molecule has 0 radical (unpaired) electrons. The highest BCUT2D eigenvalue weighted by atomic mass is 16.5. The fourth-order valence-electron chi connectivity index (χ4n) is 6.43. The SMILES string of the molecule is CCOc1ccc(NC(=O)[C@@H]2[C@@H]3C=C[C@]4(O3)[C@@H]2C(=O)N([C@@H](C)CC)[C@H]4C(=O)NC2CCCCC2)cc1. The second kappa shape index (κ2) is 9.88. The summed E-state index contributed by atoms with van der Waals surface area (Å²) in [6, 6.07) is 6.36. The normalized spacial score (nSPS) is 31.9. The smallest absolute Gasteiger partial charge is 0.246 e. The van der Waals surface area contributed by atoms with Gasteiger partial charge in [0.15, 0.2) is 0 Å². The molecule has 1 aromatic carbocycles. The number of nitrogens with zero attached hydrogens (tertiary/aromatic N) is 1. The van der Waals surface area contributed by atoms with Crippen molar-refractivity contribution in [1.29, 1.82) is 0 Å². The van der Waals surface area contributed by atoms with Crippen LogP contribution in [0.1, 0.15) is 59.3 Å². The molecule has 3 heterocycles. The first-order valence-corrected chi connectivity index (χ1v) is 13.4. The van der Waals surface area contributed by atoms with Crippen molar-refractivity contribution in [2.24, 2.45) is 11.8 Å². The van der Waals surface area contributed by atoms with E-state index in [-0.39, 0.29) is 29.8 Å². The topological polar surface area (TPSA) is 97.0 Å². The van der Waals surface area contributed by atoms with Crippen LogP contribution in [-0.2, 0) is 19.1 Å². The van der Waals surface area contributed by atoms with Gasteiger partial charge in [-0.2, -0.15) is 0 Å². The number of anilines is 1. The highest BCUT2D eigenvalue weighted by molar-refractivity contribution is 6.03. The molecule has 3 amide bonds. The Bertz CT molecular complexity index is 1030. The van der Waals surface area contributed by atoms with Crippen molar-refractivity contribution in [1.82, 2.24) is 10.2 Å². The van der Waals surface area contributed by atoms with Crippen molar-refractivity contribution in [3.63, 3.8) is 0 Å². The molecule has 2 saturated heterocycles. The molecule has 3 fully saturated rings. The maximum absolute atomic E-state index is 13.9. The summed E-state index contributed by atoms with van der Waals surface area (Å²) in [6.45, 7) is 6.44. The minimum Gasteiger partial charge on any atom is -0.494 e.